The number of carboxylic acid groups (broad SMARTS) is 1. The van der Waals surface area contributed by atoms with Crippen molar-refractivity contribution in [1.82, 2.24) is 5.32 Å². The number of rotatable bonds is 4. The fourth-order valence-corrected chi connectivity index (χ4v) is 2.78. The highest BCUT2D eigenvalue weighted by Crippen LogP contribution is 2.35. The second kappa shape index (κ2) is 7.87. The summed E-state index contributed by atoms with van der Waals surface area (Å²) in [5, 5.41) is 12.2. The van der Waals surface area contributed by atoms with Gasteiger partial charge in [-0.1, -0.05) is 57.6 Å². The van der Waals surface area contributed by atoms with Crippen molar-refractivity contribution in [2.24, 2.45) is 0 Å². The summed E-state index contributed by atoms with van der Waals surface area (Å²) < 4.78 is 0. The number of carboxylic acids is 1. The molecule has 1 aromatic rings. The zero-order valence-electron chi connectivity index (χ0n) is 14.7. The Morgan fingerprint density at radius 1 is 1.29 bits per heavy atom. The Kier molecular flexibility index (Phi) is 6.64. The Labute approximate surface area is 149 Å². The Bertz CT molecular complexity index is 683. The lowest BCUT2D eigenvalue weighted by Gasteiger charge is -2.31. The lowest BCUT2D eigenvalue weighted by Crippen LogP contribution is -2.41. The van der Waals surface area contributed by atoms with Crippen molar-refractivity contribution in [3.63, 3.8) is 0 Å². The van der Waals surface area contributed by atoms with Crippen LogP contribution in [0.5, 0.6) is 0 Å². The van der Waals surface area contributed by atoms with E-state index in [1.807, 2.05) is 0 Å². The summed E-state index contributed by atoms with van der Waals surface area (Å²) in [6, 6.07) is 5.46. The molecule has 1 amide bonds. The molecule has 0 heterocycles. The van der Waals surface area contributed by atoms with Crippen molar-refractivity contribution >= 4 is 31.6 Å². The smallest absolute Gasteiger partial charge is 0.327 e. The number of nitrogens with one attached hydrogen (secondary N) is 1. The van der Waals surface area contributed by atoms with Crippen LogP contribution in [0, 0.1) is 11.5 Å². The van der Waals surface area contributed by atoms with E-state index in [1.165, 1.54) is 0 Å². The van der Waals surface area contributed by atoms with Gasteiger partial charge in [-0.3, -0.25) is 4.79 Å². The normalized spacial score (nSPS) is 12.8. The molecular weight excluding hydrogens is 342 g/mol. The monoisotopic (exact) mass is 365 g/mol. The highest BCUT2D eigenvalue weighted by Gasteiger charge is 2.33. The van der Waals surface area contributed by atoms with Crippen LogP contribution in [0.2, 0.25) is 23.2 Å². The summed E-state index contributed by atoms with van der Waals surface area (Å²) >= 11 is 5.97. The van der Waals surface area contributed by atoms with Gasteiger partial charge in [0.1, 0.15) is 14.1 Å². The standard InChI is InChI=1S/C18H24ClNO3Si/c1-18(2,3)24(4,5)12-8-11-15(17(22)23)20-16(21)13-9-6-7-10-14(13)19/h6-7,9-10,15H,11H2,1-5H3,(H,20,21)(H,22,23)/t15-/m1/s1. The number of aliphatic carboxylic acids is 1. The topological polar surface area (TPSA) is 66.4 Å². The molecule has 0 aliphatic carbocycles. The zero-order chi connectivity index (χ0) is 18.5. The average Bonchev–Trinajstić information content (AvgIpc) is 2.45. The Morgan fingerprint density at radius 2 is 1.88 bits per heavy atom. The van der Waals surface area contributed by atoms with Gasteiger partial charge in [0.2, 0.25) is 0 Å². The molecule has 0 unspecified atom stereocenters. The van der Waals surface area contributed by atoms with E-state index in [2.05, 4.69) is 50.6 Å². The molecule has 0 saturated carbocycles. The number of benzene rings is 1. The third kappa shape index (κ3) is 5.40. The molecular formula is C18H24ClNO3Si. The second-order valence-electron chi connectivity index (χ2n) is 7.23. The van der Waals surface area contributed by atoms with Crippen LogP contribution in [0.4, 0.5) is 0 Å². The van der Waals surface area contributed by atoms with E-state index in [9.17, 15) is 14.7 Å². The Hall–Kier alpha value is -1.77. The largest absolute Gasteiger partial charge is 0.480 e. The summed E-state index contributed by atoms with van der Waals surface area (Å²) in [4.78, 5) is 23.6. The number of halogens is 1. The van der Waals surface area contributed by atoms with Gasteiger partial charge in [-0.15, -0.1) is 11.5 Å². The second-order valence-corrected chi connectivity index (χ2v) is 12.6. The molecule has 4 nitrogen and oxygen atoms in total. The molecule has 0 radical (unpaired) electrons. The maximum Gasteiger partial charge on any atom is 0.327 e. The molecule has 1 aromatic carbocycles. The molecule has 130 valence electrons. The maximum absolute atomic E-state index is 12.2. The summed E-state index contributed by atoms with van der Waals surface area (Å²) in [7, 11) is -1.81. The molecule has 0 aliphatic heterocycles. The molecule has 0 bridgehead atoms. The van der Waals surface area contributed by atoms with E-state index in [0.29, 0.717) is 0 Å². The lowest BCUT2D eigenvalue weighted by molar-refractivity contribution is -0.139. The van der Waals surface area contributed by atoms with Gasteiger partial charge in [0.25, 0.3) is 5.91 Å². The fraction of sp³-hybridized carbons (Fsp3) is 0.444. The van der Waals surface area contributed by atoms with Gasteiger partial charge in [-0.05, 0) is 17.2 Å². The number of hydrogen-bond donors (Lipinski definition) is 2. The van der Waals surface area contributed by atoms with Crippen LogP contribution in [-0.4, -0.2) is 31.1 Å². The van der Waals surface area contributed by atoms with Crippen molar-refractivity contribution in [1.29, 1.82) is 0 Å². The molecule has 0 aromatic heterocycles. The van der Waals surface area contributed by atoms with Crippen LogP contribution in [0.1, 0.15) is 37.6 Å². The predicted molar refractivity (Wildman–Crippen MR) is 99.9 cm³/mol. The molecule has 0 aliphatic rings. The first-order valence-corrected chi connectivity index (χ1v) is 11.1. The summed E-state index contributed by atoms with van der Waals surface area (Å²) in [5.74, 6) is 1.35. The highest BCUT2D eigenvalue weighted by molar-refractivity contribution is 6.87. The summed E-state index contributed by atoms with van der Waals surface area (Å²) in [5.41, 5.74) is 3.51. The van der Waals surface area contributed by atoms with Crippen molar-refractivity contribution in [2.45, 2.75) is 51.4 Å². The van der Waals surface area contributed by atoms with Crippen molar-refractivity contribution < 1.29 is 14.7 Å². The molecule has 0 fully saturated rings. The van der Waals surface area contributed by atoms with E-state index >= 15 is 0 Å². The third-order valence-electron chi connectivity index (χ3n) is 4.30. The minimum atomic E-state index is -1.81. The predicted octanol–water partition coefficient (Wildman–Crippen LogP) is 3.96. The maximum atomic E-state index is 12.2. The van der Waals surface area contributed by atoms with E-state index in [4.69, 9.17) is 11.6 Å². The van der Waals surface area contributed by atoms with Crippen LogP contribution in [0.3, 0.4) is 0 Å². The van der Waals surface area contributed by atoms with Gasteiger partial charge >= 0.3 is 5.97 Å². The van der Waals surface area contributed by atoms with Gasteiger partial charge in [0.15, 0.2) is 0 Å². The summed E-state index contributed by atoms with van der Waals surface area (Å²) in [6.45, 7) is 10.7. The van der Waals surface area contributed by atoms with Crippen LogP contribution in [-0.2, 0) is 4.79 Å². The van der Waals surface area contributed by atoms with E-state index in [1.54, 1.807) is 24.3 Å². The lowest BCUT2D eigenvalue weighted by atomic mass is 10.1. The van der Waals surface area contributed by atoms with E-state index in [0.717, 1.165) is 0 Å². The highest BCUT2D eigenvalue weighted by atomic mass is 35.5. The molecule has 1 rings (SSSR count). The SMILES string of the molecule is CC(C)(C)[Si](C)(C)C#CC[C@@H](NC(=O)c1ccccc1Cl)C(=O)O. The molecule has 24 heavy (non-hydrogen) atoms. The van der Waals surface area contributed by atoms with Crippen molar-refractivity contribution in [3.8, 4) is 11.5 Å². The van der Waals surface area contributed by atoms with Crippen LogP contribution < -0.4 is 5.32 Å². The third-order valence-corrected chi connectivity index (χ3v) is 9.19. The molecule has 6 heteroatoms. The first-order valence-electron chi connectivity index (χ1n) is 7.74. The van der Waals surface area contributed by atoms with Crippen molar-refractivity contribution in [2.75, 3.05) is 0 Å². The first kappa shape index (κ1) is 20.3. The minimum Gasteiger partial charge on any atom is -0.480 e. The average molecular weight is 366 g/mol. The van der Waals surface area contributed by atoms with Gasteiger partial charge in [0.05, 0.1) is 10.6 Å². The molecule has 2 N–H and O–H groups in total. The molecule has 1 atom stereocenters. The summed E-state index contributed by atoms with van der Waals surface area (Å²) in [6.07, 6.45) is 0.0675. The number of amides is 1. The first-order chi connectivity index (χ1) is 11.0. The Morgan fingerprint density at radius 3 is 2.38 bits per heavy atom. The van der Waals surface area contributed by atoms with E-state index < -0.39 is 26.0 Å². The van der Waals surface area contributed by atoms with E-state index in [-0.39, 0.29) is 22.0 Å². The molecule has 0 spiro atoms. The molecule has 0 saturated heterocycles. The number of carbonyl (C=O) groups is 2. The van der Waals surface area contributed by atoms with Gasteiger partial charge in [0, 0.05) is 6.42 Å². The number of hydrogen-bond acceptors (Lipinski definition) is 2. The Balaban J connectivity index is 2.86. The van der Waals surface area contributed by atoms with Crippen molar-refractivity contribution in [3.05, 3.63) is 34.9 Å². The minimum absolute atomic E-state index is 0.0675. The zero-order valence-corrected chi connectivity index (χ0v) is 16.5. The van der Waals surface area contributed by atoms with Gasteiger partial charge in [-0.25, -0.2) is 4.79 Å². The van der Waals surface area contributed by atoms with Gasteiger partial charge < -0.3 is 10.4 Å². The van der Waals surface area contributed by atoms with Gasteiger partial charge in [-0.2, -0.15) is 0 Å². The van der Waals surface area contributed by atoms with Crippen LogP contribution in [0.25, 0.3) is 0 Å². The van der Waals surface area contributed by atoms with Crippen LogP contribution >= 0.6 is 11.6 Å². The fourth-order valence-electron chi connectivity index (χ4n) is 1.64. The quantitative estimate of drug-likeness (QED) is 0.626. The van der Waals surface area contributed by atoms with Crippen LogP contribution in [0.15, 0.2) is 24.3 Å². The number of carbonyl (C=O) groups excluding carboxylic acids is 1.